The number of thiophene rings is 2. The number of carboxylic acids is 2. The summed E-state index contributed by atoms with van der Waals surface area (Å²) in [6, 6.07) is 9.07. The first-order valence-corrected chi connectivity index (χ1v) is 12.1. The zero-order chi connectivity index (χ0) is 26.2. The van der Waals surface area contributed by atoms with Crippen LogP contribution in [0.25, 0.3) is 0 Å². The SMILES string of the molecule is O=C(Nc1ccc(Cl)cn1)c1ccsc1C(=O)O.O=C(O)c1ccsc1C(=O)Nc1ccc(Cl)cn1. The molecule has 0 aliphatic rings. The van der Waals surface area contributed by atoms with Gasteiger partial charge in [0.25, 0.3) is 11.8 Å². The number of halogens is 2. The molecule has 0 fully saturated rings. The van der Waals surface area contributed by atoms with Crippen LogP contribution in [0.15, 0.2) is 59.6 Å². The van der Waals surface area contributed by atoms with Crippen LogP contribution in [0.5, 0.6) is 0 Å². The highest BCUT2D eigenvalue weighted by molar-refractivity contribution is 7.12. The van der Waals surface area contributed by atoms with Crippen LogP contribution in [0.4, 0.5) is 11.6 Å². The lowest BCUT2D eigenvalue weighted by molar-refractivity contribution is 0.0686. The standard InChI is InChI=1S/2C11H7ClN2O3S/c12-6-1-2-8(13-5-6)14-10(15)9-7(11(16)17)3-4-18-9;12-6-1-2-8(13-5-6)14-10(15)7-3-4-18-9(7)11(16)17/h2*1-5H,(H,16,17)(H,13,14,15). The average molecular weight is 565 g/mol. The number of hydrogen-bond acceptors (Lipinski definition) is 8. The minimum absolute atomic E-state index is 0.00136. The molecule has 4 heterocycles. The van der Waals surface area contributed by atoms with Crippen LogP contribution in [0.3, 0.4) is 0 Å². The van der Waals surface area contributed by atoms with Gasteiger partial charge >= 0.3 is 11.9 Å². The molecule has 14 heteroatoms. The van der Waals surface area contributed by atoms with Crippen molar-refractivity contribution < 1.29 is 29.4 Å². The van der Waals surface area contributed by atoms with Gasteiger partial charge in [0.15, 0.2) is 0 Å². The molecule has 0 saturated carbocycles. The summed E-state index contributed by atoms with van der Waals surface area (Å²) >= 11 is 13.4. The first kappa shape index (κ1) is 26.8. The topological polar surface area (TPSA) is 159 Å². The van der Waals surface area contributed by atoms with Crippen LogP contribution in [-0.4, -0.2) is 43.9 Å². The number of nitrogens with zero attached hydrogens (tertiary/aromatic N) is 2. The van der Waals surface area contributed by atoms with Gasteiger partial charge in [-0.3, -0.25) is 9.59 Å². The fourth-order valence-electron chi connectivity index (χ4n) is 2.56. The third kappa shape index (κ3) is 7.09. The molecule has 0 aliphatic heterocycles. The predicted octanol–water partition coefficient (Wildman–Crippen LogP) is 5.49. The Labute approximate surface area is 221 Å². The number of aromatic carboxylic acids is 2. The summed E-state index contributed by atoms with van der Waals surface area (Å²) < 4.78 is 0. The van der Waals surface area contributed by atoms with Gasteiger partial charge in [0.1, 0.15) is 21.4 Å². The first-order chi connectivity index (χ1) is 17.2. The van der Waals surface area contributed by atoms with Crippen LogP contribution in [0.1, 0.15) is 40.1 Å². The molecular formula is C22H14Cl2N4O6S2. The minimum atomic E-state index is -1.13. The molecule has 10 nitrogen and oxygen atoms in total. The van der Waals surface area contributed by atoms with Gasteiger partial charge in [0.05, 0.1) is 21.2 Å². The maximum atomic E-state index is 11.8. The van der Waals surface area contributed by atoms with Gasteiger partial charge in [-0.2, -0.15) is 0 Å². The summed E-state index contributed by atoms with van der Waals surface area (Å²) in [5.74, 6) is -2.65. The van der Waals surface area contributed by atoms with Gasteiger partial charge in [0.2, 0.25) is 0 Å². The number of carbonyl (C=O) groups excluding carboxylic acids is 2. The van der Waals surface area contributed by atoms with E-state index in [0.29, 0.717) is 21.7 Å². The molecule has 184 valence electrons. The lowest BCUT2D eigenvalue weighted by Crippen LogP contribution is -2.15. The van der Waals surface area contributed by atoms with Crippen molar-refractivity contribution in [3.8, 4) is 0 Å². The highest BCUT2D eigenvalue weighted by atomic mass is 35.5. The Kier molecular flexibility index (Phi) is 9.08. The molecule has 0 aliphatic carbocycles. The zero-order valence-corrected chi connectivity index (χ0v) is 20.9. The lowest BCUT2D eigenvalue weighted by atomic mass is 10.2. The quantitative estimate of drug-likeness (QED) is 0.239. The van der Waals surface area contributed by atoms with E-state index in [1.807, 2.05) is 0 Å². The van der Waals surface area contributed by atoms with Crippen molar-refractivity contribution >= 4 is 81.3 Å². The summed E-state index contributed by atoms with van der Waals surface area (Å²) in [5.41, 5.74) is 0.0933. The van der Waals surface area contributed by atoms with E-state index in [1.165, 1.54) is 36.7 Å². The number of hydrogen-bond donors (Lipinski definition) is 4. The van der Waals surface area contributed by atoms with Crippen molar-refractivity contribution in [3.63, 3.8) is 0 Å². The van der Waals surface area contributed by atoms with Crippen LogP contribution in [0.2, 0.25) is 10.0 Å². The van der Waals surface area contributed by atoms with Gasteiger partial charge in [-0.05, 0) is 47.2 Å². The average Bonchev–Trinajstić information content (AvgIpc) is 3.53. The van der Waals surface area contributed by atoms with E-state index in [9.17, 15) is 19.2 Å². The number of carbonyl (C=O) groups is 4. The van der Waals surface area contributed by atoms with Gasteiger partial charge < -0.3 is 20.8 Å². The van der Waals surface area contributed by atoms with E-state index in [0.717, 1.165) is 22.7 Å². The molecule has 4 aromatic heterocycles. The fourth-order valence-corrected chi connectivity index (χ4v) is 4.30. The summed E-state index contributed by atoms with van der Waals surface area (Å²) in [6.07, 6.45) is 2.78. The molecule has 36 heavy (non-hydrogen) atoms. The Hall–Kier alpha value is -3.84. The third-order valence-electron chi connectivity index (χ3n) is 4.14. The van der Waals surface area contributed by atoms with E-state index >= 15 is 0 Å². The second-order valence-corrected chi connectivity index (χ2v) is 9.27. The number of rotatable bonds is 6. The highest BCUT2D eigenvalue weighted by Crippen LogP contribution is 2.20. The van der Waals surface area contributed by atoms with E-state index in [-0.39, 0.29) is 20.9 Å². The van der Waals surface area contributed by atoms with Crippen molar-refractivity contribution in [1.29, 1.82) is 0 Å². The largest absolute Gasteiger partial charge is 0.478 e. The minimum Gasteiger partial charge on any atom is -0.478 e. The molecule has 4 N–H and O–H groups in total. The summed E-state index contributed by atoms with van der Waals surface area (Å²) in [5, 5.41) is 26.8. The first-order valence-electron chi connectivity index (χ1n) is 9.63. The van der Waals surface area contributed by atoms with Crippen LogP contribution >= 0.6 is 45.9 Å². The second-order valence-electron chi connectivity index (χ2n) is 6.57. The Morgan fingerprint density at radius 3 is 1.64 bits per heavy atom. The van der Waals surface area contributed by atoms with Crippen LogP contribution in [0, 0.1) is 0 Å². The smallest absolute Gasteiger partial charge is 0.346 e. The van der Waals surface area contributed by atoms with Gasteiger partial charge in [-0.15, -0.1) is 22.7 Å². The van der Waals surface area contributed by atoms with E-state index in [1.54, 1.807) is 22.9 Å². The van der Waals surface area contributed by atoms with Crippen molar-refractivity contribution in [2.45, 2.75) is 0 Å². The van der Waals surface area contributed by atoms with Crippen molar-refractivity contribution in [1.82, 2.24) is 9.97 Å². The Morgan fingerprint density at radius 2 is 1.17 bits per heavy atom. The van der Waals surface area contributed by atoms with Crippen molar-refractivity contribution in [2.24, 2.45) is 0 Å². The highest BCUT2D eigenvalue weighted by Gasteiger charge is 2.19. The van der Waals surface area contributed by atoms with E-state index in [4.69, 9.17) is 33.4 Å². The Bertz CT molecular complexity index is 1300. The molecule has 0 bridgehead atoms. The number of carboxylic acid groups (broad SMARTS) is 2. The normalized spacial score (nSPS) is 10.1. The van der Waals surface area contributed by atoms with Crippen LogP contribution < -0.4 is 10.6 Å². The van der Waals surface area contributed by atoms with Gasteiger partial charge in [0, 0.05) is 12.4 Å². The molecule has 0 atom stereocenters. The van der Waals surface area contributed by atoms with Crippen LogP contribution in [-0.2, 0) is 0 Å². The van der Waals surface area contributed by atoms with E-state index < -0.39 is 23.8 Å². The van der Waals surface area contributed by atoms with Crippen molar-refractivity contribution in [3.05, 3.63) is 90.5 Å². The molecule has 0 spiro atoms. The van der Waals surface area contributed by atoms with E-state index in [2.05, 4.69) is 20.6 Å². The maximum absolute atomic E-state index is 11.8. The molecular weight excluding hydrogens is 551 g/mol. The third-order valence-corrected chi connectivity index (χ3v) is 6.41. The summed E-state index contributed by atoms with van der Waals surface area (Å²) in [7, 11) is 0. The molecule has 4 rings (SSSR count). The fraction of sp³-hybridized carbons (Fsp3) is 0. The van der Waals surface area contributed by atoms with Gasteiger partial charge in [-0.25, -0.2) is 19.6 Å². The van der Waals surface area contributed by atoms with Crippen molar-refractivity contribution in [2.75, 3.05) is 10.6 Å². The molecule has 2 amide bonds. The monoisotopic (exact) mass is 564 g/mol. The lowest BCUT2D eigenvalue weighted by Gasteiger charge is -2.03. The Morgan fingerprint density at radius 1 is 0.667 bits per heavy atom. The molecule has 0 unspecified atom stereocenters. The maximum Gasteiger partial charge on any atom is 0.346 e. The predicted molar refractivity (Wildman–Crippen MR) is 137 cm³/mol. The zero-order valence-electron chi connectivity index (χ0n) is 17.8. The number of pyridine rings is 2. The molecule has 0 radical (unpaired) electrons. The summed E-state index contributed by atoms with van der Waals surface area (Å²) in [6.45, 7) is 0. The summed E-state index contributed by atoms with van der Waals surface area (Å²) in [4.78, 5) is 53.4. The second kappa shape index (κ2) is 12.2. The number of aromatic nitrogens is 2. The molecule has 4 aromatic rings. The number of anilines is 2. The van der Waals surface area contributed by atoms with Gasteiger partial charge in [-0.1, -0.05) is 23.2 Å². The number of nitrogens with one attached hydrogen (secondary N) is 2. The Balaban J connectivity index is 0.000000201. The molecule has 0 aromatic carbocycles. The molecule has 0 saturated heterocycles. The number of amides is 2.